The minimum absolute atomic E-state index is 0.295. The van der Waals surface area contributed by atoms with E-state index in [1.807, 2.05) is 47.9 Å². The van der Waals surface area contributed by atoms with E-state index in [0.29, 0.717) is 15.8 Å². The first kappa shape index (κ1) is 16.2. The Morgan fingerprint density at radius 1 is 1.27 bits per heavy atom. The van der Waals surface area contributed by atoms with Crippen LogP contribution in [-0.4, -0.2) is 30.5 Å². The Hall–Kier alpha value is -3.30. The fourth-order valence-corrected chi connectivity index (χ4v) is 3.42. The highest BCUT2D eigenvalue weighted by molar-refractivity contribution is 7.17. The molecule has 130 valence electrons. The number of rotatable bonds is 4. The molecule has 0 fully saturated rings. The molecule has 3 N–H and O–H groups in total. The summed E-state index contributed by atoms with van der Waals surface area (Å²) in [6.07, 6.45) is 5.06. The van der Waals surface area contributed by atoms with Gasteiger partial charge in [-0.15, -0.1) is 0 Å². The maximum Gasteiger partial charge on any atom is 0.286 e. The number of hydrogen-bond donors (Lipinski definition) is 3. The van der Waals surface area contributed by atoms with Crippen molar-refractivity contribution < 1.29 is 10.0 Å². The lowest BCUT2D eigenvalue weighted by atomic mass is 10.1. The molecular weight excluding hydrogens is 352 g/mol. The molecular formula is C17H14N6O2S. The Labute approximate surface area is 152 Å². The maximum absolute atomic E-state index is 11.4. The van der Waals surface area contributed by atoms with E-state index in [0.717, 1.165) is 33.9 Å². The molecule has 0 aliphatic carbocycles. The van der Waals surface area contributed by atoms with Crippen LogP contribution in [0.4, 0.5) is 10.9 Å². The molecule has 1 amide bonds. The van der Waals surface area contributed by atoms with Gasteiger partial charge in [-0.05, 0) is 31.2 Å². The Balaban J connectivity index is 1.67. The van der Waals surface area contributed by atoms with Gasteiger partial charge in [0, 0.05) is 18.0 Å². The molecule has 4 rings (SSSR count). The van der Waals surface area contributed by atoms with Crippen molar-refractivity contribution in [3.05, 3.63) is 59.5 Å². The second kappa shape index (κ2) is 6.54. The molecule has 0 bridgehead atoms. The number of amides is 1. The van der Waals surface area contributed by atoms with E-state index in [4.69, 9.17) is 5.21 Å². The molecule has 0 saturated carbocycles. The number of aromatic nitrogens is 4. The fourth-order valence-electron chi connectivity index (χ4n) is 2.71. The Bertz CT molecular complexity index is 1100. The third-order valence-electron chi connectivity index (χ3n) is 3.80. The standard InChI is InChI=1S/C17H14N6O2S/c1-10-15(23-7-3-2-4-14(23)20-10)11-5-6-18-13(8-11)21-17-19-9-12(26-17)16(24)22-25/h2-9,25H,1H3,(H,22,24)(H,18,19,21). The van der Waals surface area contributed by atoms with E-state index in [9.17, 15) is 4.79 Å². The number of hydroxylamine groups is 1. The molecule has 4 aromatic rings. The lowest BCUT2D eigenvalue weighted by Gasteiger charge is -2.06. The van der Waals surface area contributed by atoms with E-state index in [1.165, 1.54) is 6.20 Å². The topological polar surface area (TPSA) is 104 Å². The number of thiazole rings is 1. The van der Waals surface area contributed by atoms with E-state index >= 15 is 0 Å². The summed E-state index contributed by atoms with van der Waals surface area (Å²) in [5.74, 6) is -0.00305. The summed E-state index contributed by atoms with van der Waals surface area (Å²) in [6, 6.07) is 9.69. The van der Waals surface area contributed by atoms with Crippen LogP contribution >= 0.6 is 11.3 Å². The first-order valence-electron chi connectivity index (χ1n) is 7.73. The van der Waals surface area contributed by atoms with E-state index in [-0.39, 0.29) is 0 Å². The van der Waals surface area contributed by atoms with Crippen LogP contribution in [0.1, 0.15) is 15.4 Å². The minimum Gasteiger partial charge on any atom is -0.316 e. The van der Waals surface area contributed by atoms with Gasteiger partial charge in [-0.3, -0.25) is 14.4 Å². The van der Waals surface area contributed by atoms with Crippen molar-refractivity contribution in [1.29, 1.82) is 0 Å². The van der Waals surface area contributed by atoms with Gasteiger partial charge in [0.05, 0.1) is 17.6 Å². The molecule has 0 radical (unpaired) electrons. The predicted molar refractivity (Wildman–Crippen MR) is 97.8 cm³/mol. The summed E-state index contributed by atoms with van der Waals surface area (Å²) < 4.78 is 2.03. The van der Waals surface area contributed by atoms with Crippen molar-refractivity contribution in [1.82, 2.24) is 24.8 Å². The van der Waals surface area contributed by atoms with Crippen molar-refractivity contribution in [3.63, 3.8) is 0 Å². The SMILES string of the molecule is Cc1nc2ccccn2c1-c1ccnc(Nc2ncc(C(=O)NO)s2)c1. The third kappa shape index (κ3) is 2.89. The zero-order valence-corrected chi connectivity index (χ0v) is 14.5. The summed E-state index contributed by atoms with van der Waals surface area (Å²) in [5, 5.41) is 12.3. The number of pyridine rings is 2. The lowest BCUT2D eigenvalue weighted by molar-refractivity contribution is 0.0710. The van der Waals surface area contributed by atoms with Gasteiger partial charge in [0.15, 0.2) is 5.13 Å². The van der Waals surface area contributed by atoms with Crippen LogP contribution in [0.15, 0.2) is 48.9 Å². The average Bonchev–Trinajstić information content (AvgIpc) is 3.24. The molecule has 4 aromatic heterocycles. The Kier molecular flexibility index (Phi) is 4.07. The average molecular weight is 366 g/mol. The second-order valence-corrected chi connectivity index (χ2v) is 6.53. The van der Waals surface area contributed by atoms with Gasteiger partial charge in [0.1, 0.15) is 16.3 Å². The smallest absolute Gasteiger partial charge is 0.286 e. The Morgan fingerprint density at radius 2 is 2.15 bits per heavy atom. The van der Waals surface area contributed by atoms with Crippen LogP contribution in [0.25, 0.3) is 16.9 Å². The normalized spacial score (nSPS) is 10.8. The minimum atomic E-state index is -0.599. The summed E-state index contributed by atoms with van der Waals surface area (Å²) in [7, 11) is 0. The molecule has 9 heteroatoms. The van der Waals surface area contributed by atoms with E-state index < -0.39 is 5.91 Å². The second-order valence-electron chi connectivity index (χ2n) is 5.50. The zero-order chi connectivity index (χ0) is 18.1. The van der Waals surface area contributed by atoms with Crippen LogP contribution in [-0.2, 0) is 0 Å². The highest BCUT2D eigenvalue weighted by atomic mass is 32.1. The number of anilines is 2. The molecule has 0 aliphatic rings. The highest BCUT2D eigenvalue weighted by Crippen LogP contribution is 2.28. The third-order valence-corrected chi connectivity index (χ3v) is 4.72. The number of carbonyl (C=O) groups is 1. The molecule has 0 spiro atoms. The van der Waals surface area contributed by atoms with Gasteiger partial charge in [0.25, 0.3) is 5.91 Å². The first-order chi connectivity index (χ1) is 12.7. The highest BCUT2D eigenvalue weighted by Gasteiger charge is 2.13. The number of nitrogens with one attached hydrogen (secondary N) is 2. The van der Waals surface area contributed by atoms with Gasteiger partial charge < -0.3 is 5.32 Å². The quantitative estimate of drug-likeness (QED) is 0.379. The molecule has 8 nitrogen and oxygen atoms in total. The van der Waals surface area contributed by atoms with Gasteiger partial charge >= 0.3 is 0 Å². The summed E-state index contributed by atoms with van der Waals surface area (Å²) in [5.41, 5.74) is 5.34. The number of aryl methyl sites for hydroxylation is 1. The fraction of sp³-hybridized carbons (Fsp3) is 0.0588. The molecule has 0 aliphatic heterocycles. The molecule has 0 aromatic carbocycles. The first-order valence-corrected chi connectivity index (χ1v) is 8.55. The number of hydrogen-bond acceptors (Lipinski definition) is 7. The largest absolute Gasteiger partial charge is 0.316 e. The van der Waals surface area contributed by atoms with Crippen LogP contribution in [0.5, 0.6) is 0 Å². The van der Waals surface area contributed by atoms with Crippen LogP contribution in [0.2, 0.25) is 0 Å². The van der Waals surface area contributed by atoms with Crippen molar-refractivity contribution >= 4 is 33.8 Å². The maximum atomic E-state index is 11.4. The molecule has 26 heavy (non-hydrogen) atoms. The number of nitrogens with zero attached hydrogens (tertiary/aromatic N) is 4. The van der Waals surface area contributed by atoms with Crippen molar-refractivity contribution in [3.8, 4) is 11.3 Å². The van der Waals surface area contributed by atoms with Crippen molar-refractivity contribution in [2.45, 2.75) is 6.92 Å². The van der Waals surface area contributed by atoms with Crippen LogP contribution < -0.4 is 10.8 Å². The lowest BCUT2D eigenvalue weighted by Crippen LogP contribution is -2.16. The molecule has 4 heterocycles. The van der Waals surface area contributed by atoms with Gasteiger partial charge in [-0.1, -0.05) is 17.4 Å². The number of carbonyl (C=O) groups excluding carboxylic acids is 1. The Morgan fingerprint density at radius 3 is 3.00 bits per heavy atom. The van der Waals surface area contributed by atoms with Crippen molar-refractivity contribution in [2.75, 3.05) is 5.32 Å². The molecule has 0 atom stereocenters. The number of imidazole rings is 1. The van der Waals surface area contributed by atoms with Crippen molar-refractivity contribution in [2.24, 2.45) is 0 Å². The summed E-state index contributed by atoms with van der Waals surface area (Å²) in [6.45, 7) is 1.97. The summed E-state index contributed by atoms with van der Waals surface area (Å²) >= 11 is 1.12. The number of fused-ring (bicyclic) bond motifs is 1. The van der Waals surface area contributed by atoms with E-state index in [1.54, 1.807) is 11.7 Å². The zero-order valence-electron chi connectivity index (χ0n) is 13.7. The monoisotopic (exact) mass is 366 g/mol. The van der Waals surface area contributed by atoms with Gasteiger partial charge in [0.2, 0.25) is 0 Å². The van der Waals surface area contributed by atoms with Crippen LogP contribution in [0, 0.1) is 6.92 Å². The molecule has 0 saturated heterocycles. The predicted octanol–water partition coefficient (Wildman–Crippen LogP) is 3.02. The van der Waals surface area contributed by atoms with Gasteiger partial charge in [-0.25, -0.2) is 20.4 Å². The molecule has 0 unspecified atom stereocenters. The van der Waals surface area contributed by atoms with E-state index in [2.05, 4.69) is 20.3 Å². The van der Waals surface area contributed by atoms with Gasteiger partial charge in [-0.2, -0.15) is 0 Å². The van der Waals surface area contributed by atoms with Crippen LogP contribution in [0.3, 0.4) is 0 Å². The summed E-state index contributed by atoms with van der Waals surface area (Å²) in [4.78, 5) is 24.7.